The SMILES string of the molecule is COc1nn(C)c2nc(C)c(CCC(=O)Nc3ccccc3-n3cc(Br)cn3)c(C)c12. The van der Waals surface area contributed by atoms with Crippen molar-refractivity contribution in [1.29, 1.82) is 0 Å². The molecular weight excluding hydrogens is 460 g/mol. The Kier molecular flexibility index (Phi) is 5.77. The van der Waals surface area contributed by atoms with Crippen molar-refractivity contribution < 1.29 is 9.53 Å². The van der Waals surface area contributed by atoms with Gasteiger partial charge in [0.25, 0.3) is 0 Å². The average molecular weight is 483 g/mol. The number of anilines is 1. The zero-order valence-corrected chi connectivity index (χ0v) is 19.4. The maximum atomic E-state index is 12.8. The first-order chi connectivity index (χ1) is 14.9. The first kappa shape index (κ1) is 21.0. The smallest absolute Gasteiger partial charge is 0.242 e. The first-order valence-corrected chi connectivity index (χ1v) is 10.6. The van der Waals surface area contributed by atoms with Crippen LogP contribution in [0.4, 0.5) is 5.69 Å². The lowest BCUT2D eigenvalue weighted by Gasteiger charge is -2.13. The Morgan fingerprint density at radius 2 is 2.03 bits per heavy atom. The monoisotopic (exact) mass is 482 g/mol. The number of benzene rings is 1. The van der Waals surface area contributed by atoms with Gasteiger partial charge in [-0.25, -0.2) is 14.3 Å². The molecule has 0 saturated carbocycles. The van der Waals surface area contributed by atoms with E-state index in [1.807, 2.05) is 51.4 Å². The van der Waals surface area contributed by atoms with E-state index in [0.717, 1.165) is 38.0 Å². The van der Waals surface area contributed by atoms with Crippen molar-refractivity contribution in [2.45, 2.75) is 26.7 Å². The van der Waals surface area contributed by atoms with Gasteiger partial charge in [0, 0.05) is 25.4 Å². The number of nitrogens with one attached hydrogen (secondary N) is 1. The van der Waals surface area contributed by atoms with Crippen molar-refractivity contribution in [2.24, 2.45) is 7.05 Å². The van der Waals surface area contributed by atoms with Crippen LogP contribution in [0.3, 0.4) is 0 Å². The molecule has 0 aliphatic rings. The number of ether oxygens (including phenoxy) is 1. The fourth-order valence-corrected chi connectivity index (χ4v) is 4.06. The number of methoxy groups -OCH3 is 1. The van der Waals surface area contributed by atoms with Gasteiger partial charge in [-0.15, -0.1) is 5.10 Å². The topological polar surface area (TPSA) is 86.9 Å². The van der Waals surface area contributed by atoms with E-state index >= 15 is 0 Å². The van der Waals surface area contributed by atoms with E-state index < -0.39 is 0 Å². The highest BCUT2D eigenvalue weighted by Gasteiger charge is 2.19. The number of pyridine rings is 1. The Hall–Kier alpha value is -3.20. The molecule has 3 heterocycles. The van der Waals surface area contributed by atoms with Crippen LogP contribution in [0.5, 0.6) is 5.88 Å². The van der Waals surface area contributed by atoms with Crippen LogP contribution in [0.25, 0.3) is 16.7 Å². The second-order valence-electron chi connectivity index (χ2n) is 7.30. The van der Waals surface area contributed by atoms with Crippen LogP contribution in [-0.2, 0) is 18.3 Å². The highest BCUT2D eigenvalue weighted by Crippen LogP contribution is 2.30. The lowest BCUT2D eigenvalue weighted by atomic mass is 10.00. The molecule has 0 aliphatic carbocycles. The van der Waals surface area contributed by atoms with E-state index in [2.05, 4.69) is 31.4 Å². The number of carbonyl (C=O) groups excluding carboxylic acids is 1. The molecule has 1 amide bonds. The Bertz CT molecular complexity index is 1280. The van der Waals surface area contributed by atoms with Gasteiger partial charge in [0.05, 0.1) is 34.5 Å². The van der Waals surface area contributed by atoms with Crippen molar-refractivity contribution >= 4 is 38.6 Å². The highest BCUT2D eigenvalue weighted by atomic mass is 79.9. The van der Waals surface area contributed by atoms with E-state index in [-0.39, 0.29) is 5.91 Å². The summed E-state index contributed by atoms with van der Waals surface area (Å²) in [5.74, 6) is 0.475. The molecule has 1 N–H and O–H groups in total. The number of aryl methyl sites for hydroxylation is 3. The number of aromatic nitrogens is 5. The minimum Gasteiger partial charge on any atom is -0.479 e. The van der Waals surface area contributed by atoms with Gasteiger partial charge in [0.2, 0.25) is 11.8 Å². The number of hydrogen-bond donors (Lipinski definition) is 1. The molecule has 0 aliphatic heterocycles. The zero-order valence-electron chi connectivity index (χ0n) is 17.8. The molecule has 9 heteroatoms. The van der Waals surface area contributed by atoms with Crippen LogP contribution in [0.15, 0.2) is 41.1 Å². The van der Waals surface area contributed by atoms with Crippen molar-refractivity contribution in [3.05, 3.63) is 58.0 Å². The summed E-state index contributed by atoms with van der Waals surface area (Å²) in [5.41, 5.74) is 5.26. The molecule has 0 atom stereocenters. The number of carbonyl (C=O) groups is 1. The molecule has 0 spiro atoms. The van der Waals surface area contributed by atoms with E-state index in [4.69, 9.17) is 9.72 Å². The molecule has 4 rings (SSSR count). The maximum absolute atomic E-state index is 12.8. The number of amides is 1. The predicted octanol–water partition coefficient (Wildman–Crippen LogP) is 4.11. The fraction of sp³-hybridized carbons (Fsp3) is 0.273. The van der Waals surface area contributed by atoms with Gasteiger partial charge in [0.15, 0.2) is 5.65 Å². The number of rotatable bonds is 6. The number of nitrogens with zero attached hydrogens (tertiary/aromatic N) is 5. The van der Waals surface area contributed by atoms with E-state index in [9.17, 15) is 4.79 Å². The van der Waals surface area contributed by atoms with Gasteiger partial charge < -0.3 is 10.1 Å². The van der Waals surface area contributed by atoms with Crippen molar-refractivity contribution in [1.82, 2.24) is 24.5 Å². The highest BCUT2D eigenvalue weighted by molar-refractivity contribution is 9.10. The second-order valence-corrected chi connectivity index (χ2v) is 8.22. The lowest BCUT2D eigenvalue weighted by Crippen LogP contribution is -2.15. The van der Waals surface area contributed by atoms with Crippen molar-refractivity contribution in [3.63, 3.8) is 0 Å². The normalized spacial score (nSPS) is 11.1. The molecule has 0 unspecified atom stereocenters. The Balaban J connectivity index is 1.55. The second kappa shape index (κ2) is 8.50. The van der Waals surface area contributed by atoms with Gasteiger partial charge in [-0.1, -0.05) is 12.1 Å². The molecule has 0 radical (unpaired) electrons. The average Bonchev–Trinajstić information content (AvgIpc) is 3.31. The standard InChI is InChI=1S/C22H23BrN6O2/c1-13-16(14(2)25-21-20(13)22(31-4)27-28(21)3)9-10-19(30)26-17-7-5-6-8-18(17)29-12-15(23)11-24-29/h5-8,11-12H,9-10H2,1-4H3,(H,26,30). The van der Waals surface area contributed by atoms with Gasteiger partial charge >= 0.3 is 0 Å². The van der Waals surface area contributed by atoms with Gasteiger partial charge in [-0.2, -0.15) is 5.10 Å². The zero-order chi connectivity index (χ0) is 22.1. The third-order valence-corrected chi connectivity index (χ3v) is 5.70. The summed E-state index contributed by atoms with van der Waals surface area (Å²) in [5, 5.41) is 12.6. The van der Waals surface area contributed by atoms with E-state index in [1.165, 1.54) is 0 Å². The molecule has 4 aromatic rings. The van der Waals surface area contributed by atoms with E-state index in [1.54, 1.807) is 22.7 Å². The minimum atomic E-state index is -0.0734. The largest absolute Gasteiger partial charge is 0.479 e. The maximum Gasteiger partial charge on any atom is 0.242 e. The van der Waals surface area contributed by atoms with Crippen molar-refractivity contribution in [3.8, 4) is 11.6 Å². The molecule has 0 bridgehead atoms. The molecule has 160 valence electrons. The third kappa shape index (κ3) is 4.05. The van der Waals surface area contributed by atoms with Gasteiger partial charge in [-0.3, -0.25) is 4.79 Å². The van der Waals surface area contributed by atoms with E-state index in [0.29, 0.717) is 24.4 Å². The third-order valence-electron chi connectivity index (χ3n) is 5.29. The number of hydrogen-bond acceptors (Lipinski definition) is 5. The van der Waals surface area contributed by atoms with Crippen LogP contribution >= 0.6 is 15.9 Å². The molecule has 1 aromatic carbocycles. The molecule has 8 nitrogen and oxygen atoms in total. The molecule has 31 heavy (non-hydrogen) atoms. The van der Waals surface area contributed by atoms with Crippen molar-refractivity contribution in [2.75, 3.05) is 12.4 Å². The summed E-state index contributed by atoms with van der Waals surface area (Å²) in [6.45, 7) is 3.99. The van der Waals surface area contributed by atoms with Crippen LogP contribution in [0.1, 0.15) is 23.2 Å². The van der Waals surface area contributed by atoms with Crippen LogP contribution in [0.2, 0.25) is 0 Å². The Labute approximate surface area is 188 Å². The predicted molar refractivity (Wildman–Crippen MR) is 123 cm³/mol. The number of para-hydroxylation sites is 2. The summed E-state index contributed by atoms with van der Waals surface area (Å²) in [4.78, 5) is 17.5. The quantitative estimate of drug-likeness (QED) is 0.446. The van der Waals surface area contributed by atoms with Crippen LogP contribution in [0, 0.1) is 13.8 Å². The molecule has 0 fully saturated rings. The first-order valence-electron chi connectivity index (χ1n) is 9.85. The fourth-order valence-electron chi connectivity index (χ4n) is 3.77. The molecule has 3 aromatic heterocycles. The van der Waals surface area contributed by atoms with Crippen LogP contribution in [-0.4, -0.2) is 37.6 Å². The number of fused-ring (bicyclic) bond motifs is 1. The lowest BCUT2D eigenvalue weighted by molar-refractivity contribution is -0.116. The van der Waals surface area contributed by atoms with Crippen LogP contribution < -0.4 is 10.1 Å². The summed E-state index contributed by atoms with van der Waals surface area (Å²) >= 11 is 3.41. The van der Waals surface area contributed by atoms with Gasteiger partial charge in [-0.05, 0) is 59.5 Å². The summed E-state index contributed by atoms with van der Waals surface area (Å²) in [6, 6.07) is 7.58. The minimum absolute atomic E-state index is 0.0734. The molecule has 0 saturated heterocycles. The summed E-state index contributed by atoms with van der Waals surface area (Å²) < 4.78 is 9.73. The summed E-state index contributed by atoms with van der Waals surface area (Å²) in [7, 11) is 3.45. The Morgan fingerprint density at radius 3 is 2.74 bits per heavy atom. The molecular formula is C22H23BrN6O2. The Morgan fingerprint density at radius 1 is 1.26 bits per heavy atom. The van der Waals surface area contributed by atoms with Gasteiger partial charge in [0.1, 0.15) is 0 Å². The number of halogens is 1. The summed E-state index contributed by atoms with van der Waals surface area (Å²) in [6.07, 6.45) is 4.45.